The Bertz CT molecular complexity index is 547. The lowest BCUT2D eigenvalue weighted by Gasteiger charge is -2.08. The lowest BCUT2D eigenvalue weighted by Crippen LogP contribution is -1.99. The normalized spacial score (nSPS) is 9.94. The smallest absolute Gasteiger partial charge is 0.224 e. The molecule has 18 heavy (non-hydrogen) atoms. The Labute approximate surface area is 110 Å². The highest BCUT2D eigenvalue weighted by atomic mass is 35.5. The number of anilines is 3. The number of methoxy groups -OCH3 is 1. The van der Waals surface area contributed by atoms with Crippen molar-refractivity contribution in [2.24, 2.45) is 0 Å². The van der Waals surface area contributed by atoms with Crippen molar-refractivity contribution < 1.29 is 4.74 Å². The summed E-state index contributed by atoms with van der Waals surface area (Å²) in [6.07, 6.45) is 1.67. The molecule has 0 aliphatic carbocycles. The van der Waals surface area contributed by atoms with Gasteiger partial charge in [0.15, 0.2) is 0 Å². The molecular weight excluding hydrogens is 252 g/mol. The first-order valence-corrected chi connectivity index (χ1v) is 5.72. The fourth-order valence-corrected chi connectivity index (χ4v) is 1.70. The molecule has 1 heterocycles. The molecule has 0 saturated heterocycles. The molecule has 2 aromatic rings. The molecule has 0 atom stereocenters. The maximum absolute atomic E-state index is 6.04. The van der Waals surface area contributed by atoms with Crippen molar-refractivity contribution in [3.8, 4) is 5.75 Å². The summed E-state index contributed by atoms with van der Waals surface area (Å²) in [5.74, 6) is 1.89. The van der Waals surface area contributed by atoms with E-state index in [9.17, 15) is 0 Å². The second kappa shape index (κ2) is 5.55. The number of hydrogen-bond donors (Lipinski definition) is 2. The van der Waals surface area contributed by atoms with Gasteiger partial charge in [-0.25, -0.2) is 4.98 Å². The Morgan fingerprint density at radius 1 is 1.28 bits per heavy atom. The van der Waals surface area contributed by atoms with Crippen molar-refractivity contribution in [3.63, 3.8) is 0 Å². The maximum Gasteiger partial charge on any atom is 0.224 e. The molecule has 1 aromatic heterocycles. The summed E-state index contributed by atoms with van der Waals surface area (Å²) in [6.45, 7) is 0. The first-order chi connectivity index (χ1) is 8.72. The van der Waals surface area contributed by atoms with Crippen LogP contribution in [-0.2, 0) is 0 Å². The Kier molecular flexibility index (Phi) is 3.84. The molecule has 0 radical (unpaired) electrons. The lowest BCUT2D eigenvalue weighted by molar-refractivity contribution is 0.415. The van der Waals surface area contributed by atoms with Gasteiger partial charge in [0, 0.05) is 18.9 Å². The summed E-state index contributed by atoms with van der Waals surface area (Å²) in [5.41, 5.74) is 0.835. The fourth-order valence-electron chi connectivity index (χ4n) is 1.44. The molecule has 6 heteroatoms. The molecule has 2 N–H and O–H groups in total. The van der Waals surface area contributed by atoms with Crippen LogP contribution < -0.4 is 15.4 Å². The molecule has 0 aliphatic rings. The molecular formula is C12H13ClN4O. The van der Waals surface area contributed by atoms with Gasteiger partial charge in [-0.2, -0.15) is 4.98 Å². The van der Waals surface area contributed by atoms with E-state index in [4.69, 9.17) is 16.3 Å². The van der Waals surface area contributed by atoms with E-state index in [-0.39, 0.29) is 0 Å². The maximum atomic E-state index is 6.04. The van der Waals surface area contributed by atoms with Gasteiger partial charge in [-0.1, -0.05) is 11.6 Å². The Hall–Kier alpha value is -2.01. The highest BCUT2D eigenvalue weighted by Gasteiger charge is 2.03. The summed E-state index contributed by atoms with van der Waals surface area (Å²) in [4.78, 5) is 8.29. The van der Waals surface area contributed by atoms with E-state index >= 15 is 0 Å². The van der Waals surface area contributed by atoms with Gasteiger partial charge < -0.3 is 15.4 Å². The number of benzene rings is 1. The SMILES string of the molecule is CNc1nccc(Nc2ccc(OC)c(Cl)c2)n1. The van der Waals surface area contributed by atoms with Gasteiger partial charge in [0.1, 0.15) is 11.6 Å². The molecule has 0 spiro atoms. The van der Waals surface area contributed by atoms with E-state index in [0.29, 0.717) is 22.5 Å². The average Bonchev–Trinajstić information content (AvgIpc) is 2.39. The predicted octanol–water partition coefficient (Wildman–Crippen LogP) is 2.92. The minimum Gasteiger partial charge on any atom is -0.495 e. The average molecular weight is 265 g/mol. The minimum atomic E-state index is 0.547. The van der Waals surface area contributed by atoms with Crippen LogP contribution in [0.5, 0.6) is 5.75 Å². The number of ether oxygens (including phenoxy) is 1. The number of nitrogens with one attached hydrogen (secondary N) is 2. The molecule has 0 bridgehead atoms. The van der Waals surface area contributed by atoms with Gasteiger partial charge in [-0.15, -0.1) is 0 Å². The monoisotopic (exact) mass is 264 g/mol. The molecule has 1 aromatic carbocycles. The van der Waals surface area contributed by atoms with E-state index in [2.05, 4.69) is 20.6 Å². The van der Waals surface area contributed by atoms with Gasteiger partial charge in [0.25, 0.3) is 0 Å². The summed E-state index contributed by atoms with van der Waals surface area (Å²) >= 11 is 6.04. The van der Waals surface area contributed by atoms with Crippen LogP contribution in [0.4, 0.5) is 17.5 Å². The van der Waals surface area contributed by atoms with Crippen molar-refractivity contribution in [2.75, 3.05) is 24.8 Å². The predicted molar refractivity (Wildman–Crippen MR) is 72.9 cm³/mol. The third-order valence-corrected chi connectivity index (χ3v) is 2.60. The fraction of sp³-hybridized carbons (Fsp3) is 0.167. The highest BCUT2D eigenvalue weighted by molar-refractivity contribution is 6.32. The van der Waals surface area contributed by atoms with Crippen LogP contribution in [0.15, 0.2) is 30.5 Å². The Morgan fingerprint density at radius 2 is 2.11 bits per heavy atom. The van der Waals surface area contributed by atoms with Crippen LogP contribution in [0.25, 0.3) is 0 Å². The number of halogens is 1. The Balaban J connectivity index is 2.20. The van der Waals surface area contributed by atoms with Crippen molar-refractivity contribution in [2.45, 2.75) is 0 Å². The largest absolute Gasteiger partial charge is 0.495 e. The summed E-state index contributed by atoms with van der Waals surface area (Å²) in [6, 6.07) is 7.22. The molecule has 0 fully saturated rings. The van der Waals surface area contributed by atoms with Crippen LogP contribution in [-0.4, -0.2) is 24.1 Å². The van der Waals surface area contributed by atoms with Crippen molar-refractivity contribution in [1.29, 1.82) is 0 Å². The summed E-state index contributed by atoms with van der Waals surface area (Å²) < 4.78 is 5.09. The topological polar surface area (TPSA) is 59.1 Å². The van der Waals surface area contributed by atoms with Gasteiger partial charge in [0.2, 0.25) is 5.95 Å². The molecule has 0 amide bonds. The summed E-state index contributed by atoms with van der Waals surface area (Å²) in [5, 5.41) is 6.56. The van der Waals surface area contributed by atoms with E-state index in [0.717, 1.165) is 5.69 Å². The molecule has 0 saturated carbocycles. The van der Waals surface area contributed by atoms with E-state index < -0.39 is 0 Å². The van der Waals surface area contributed by atoms with Crippen LogP contribution >= 0.6 is 11.6 Å². The second-order valence-corrected chi connectivity index (χ2v) is 3.90. The number of rotatable bonds is 4. The molecule has 0 unspecified atom stereocenters. The zero-order valence-electron chi connectivity index (χ0n) is 10.1. The van der Waals surface area contributed by atoms with E-state index in [1.807, 2.05) is 6.07 Å². The number of nitrogens with zero attached hydrogens (tertiary/aromatic N) is 2. The van der Waals surface area contributed by atoms with Crippen LogP contribution in [0, 0.1) is 0 Å². The third kappa shape index (κ3) is 2.81. The van der Waals surface area contributed by atoms with Crippen molar-refractivity contribution in [3.05, 3.63) is 35.5 Å². The Morgan fingerprint density at radius 3 is 2.78 bits per heavy atom. The van der Waals surface area contributed by atoms with Crippen LogP contribution in [0.1, 0.15) is 0 Å². The number of aromatic nitrogens is 2. The highest BCUT2D eigenvalue weighted by Crippen LogP contribution is 2.28. The zero-order chi connectivity index (χ0) is 13.0. The van der Waals surface area contributed by atoms with E-state index in [1.165, 1.54) is 0 Å². The first kappa shape index (κ1) is 12.4. The molecule has 94 valence electrons. The van der Waals surface area contributed by atoms with E-state index in [1.54, 1.807) is 38.6 Å². The minimum absolute atomic E-state index is 0.547. The second-order valence-electron chi connectivity index (χ2n) is 3.49. The zero-order valence-corrected chi connectivity index (χ0v) is 10.8. The van der Waals surface area contributed by atoms with Crippen molar-refractivity contribution >= 4 is 29.1 Å². The molecule has 2 rings (SSSR count). The summed E-state index contributed by atoms with van der Waals surface area (Å²) in [7, 11) is 3.35. The number of hydrogen-bond acceptors (Lipinski definition) is 5. The lowest BCUT2D eigenvalue weighted by atomic mass is 10.3. The van der Waals surface area contributed by atoms with Gasteiger partial charge >= 0.3 is 0 Å². The standard InChI is InChI=1S/C12H13ClN4O/c1-14-12-15-6-5-11(17-12)16-8-3-4-10(18-2)9(13)7-8/h3-7H,1-2H3,(H2,14,15,16,17). The quantitative estimate of drug-likeness (QED) is 0.889. The first-order valence-electron chi connectivity index (χ1n) is 5.34. The van der Waals surface area contributed by atoms with Gasteiger partial charge in [0.05, 0.1) is 12.1 Å². The van der Waals surface area contributed by atoms with Gasteiger partial charge in [-0.3, -0.25) is 0 Å². The van der Waals surface area contributed by atoms with Gasteiger partial charge in [-0.05, 0) is 24.3 Å². The van der Waals surface area contributed by atoms with Crippen LogP contribution in [0.2, 0.25) is 5.02 Å². The molecule has 5 nitrogen and oxygen atoms in total. The van der Waals surface area contributed by atoms with Crippen molar-refractivity contribution in [1.82, 2.24) is 9.97 Å². The molecule has 0 aliphatic heterocycles. The third-order valence-electron chi connectivity index (χ3n) is 2.30. The van der Waals surface area contributed by atoms with Crippen LogP contribution in [0.3, 0.4) is 0 Å².